The van der Waals surface area contributed by atoms with Crippen molar-refractivity contribution < 1.29 is 9.53 Å². The van der Waals surface area contributed by atoms with Gasteiger partial charge in [0.1, 0.15) is 6.10 Å². The normalized spacial score (nSPS) is 27.3. The molecule has 3 heteroatoms. The molecule has 1 aliphatic carbocycles. The summed E-state index contributed by atoms with van der Waals surface area (Å²) < 4.78 is 5.74. The summed E-state index contributed by atoms with van der Waals surface area (Å²) in [4.78, 5) is 16.1. The average molecular weight is 261 g/mol. The van der Waals surface area contributed by atoms with Crippen LogP contribution in [0, 0.1) is 17.8 Å². The van der Waals surface area contributed by atoms with E-state index < -0.39 is 0 Å². The van der Waals surface area contributed by atoms with E-state index in [-0.39, 0.29) is 12.1 Å². The Labute approximate surface area is 115 Å². The minimum absolute atomic E-state index is 0.0523. The number of hydrogen-bond donors (Lipinski definition) is 0. The zero-order chi connectivity index (χ0) is 13.8. The van der Waals surface area contributed by atoms with Gasteiger partial charge in [0.05, 0.1) is 5.56 Å². The van der Waals surface area contributed by atoms with Crippen molar-refractivity contribution in [1.29, 1.82) is 0 Å². The Morgan fingerprint density at radius 1 is 1.42 bits per heavy atom. The van der Waals surface area contributed by atoms with Gasteiger partial charge >= 0.3 is 5.97 Å². The van der Waals surface area contributed by atoms with Crippen molar-refractivity contribution in [2.45, 2.75) is 46.1 Å². The molecule has 1 heterocycles. The number of nitrogens with zero attached hydrogens (tertiary/aromatic N) is 1. The minimum atomic E-state index is -0.238. The standard InChI is InChI=1S/C16H23NO2/c1-11(2)14-7-6-12(3)9-15(14)19-16(18)13-5-4-8-17-10-13/h4-5,8,10-12,14-15H,6-7,9H2,1-3H3/t12-,14+,15?/m0/s1. The molecule has 0 radical (unpaired) electrons. The molecule has 0 bridgehead atoms. The van der Waals surface area contributed by atoms with Gasteiger partial charge in [0, 0.05) is 12.4 Å². The number of pyridine rings is 1. The highest BCUT2D eigenvalue weighted by Crippen LogP contribution is 2.35. The zero-order valence-electron chi connectivity index (χ0n) is 12.0. The van der Waals surface area contributed by atoms with Crippen LogP contribution in [0.3, 0.4) is 0 Å². The molecule has 0 N–H and O–H groups in total. The second kappa shape index (κ2) is 6.18. The van der Waals surface area contributed by atoms with Crippen molar-refractivity contribution in [3.8, 4) is 0 Å². The van der Waals surface area contributed by atoms with Crippen LogP contribution in [0.4, 0.5) is 0 Å². The van der Waals surface area contributed by atoms with Crippen LogP contribution in [-0.2, 0) is 4.74 Å². The molecule has 0 amide bonds. The molecule has 1 aromatic rings. The summed E-state index contributed by atoms with van der Waals surface area (Å²) in [6.45, 7) is 6.67. The molecule has 1 aliphatic rings. The highest BCUT2D eigenvalue weighted by atomic mass is 16.5. The smallest absolute Gasteiger partial charge is 0.339 e. The van der Waals surface area contributed by atoms with E-state index >= 15 is 0 Å². The van der Waals surface area contributed by atoms with Crippen molar-refractivity contribution in [2.24, 2.45) is 17.8 Å². The van der Waals surface area contributed by atoms with Gasteiger partial charge in [0.15, 0.2) is 0 Å². The summed E-state index contributed by atoms with van der Waals surface area (Å²) in [6, 6.07) is 3.52. The third-order valence-corrected chi connectivity index (χ3v) is 4.12. The van der Waals surface area contributed by atoms with Crippen LogP contribution < -0.4 is 0 Å². The Balaban J connectivity index is 2.04. The monoisotopic (exact) mass is 261 g/mol. The van der Waals surface area contributed by atoms with Gasteiger partial charge < -0.3 is 4.74 Å². The predicted molar refractivity (Wildman–Crippen MR) is 74.8 cm³/mol. The maximum absolute atomic E-state index is 12.1. The van der Waals surface area contributed by atoms with E-state index in [1.807, 2.05) is 0 Å². The molecule has 104 valence electrons. The van der Waals surface area contributed by atoms with Crippen molar-refractivity contribution >= 4 is 5.97 Å². The summed E-state index contributed by atoms with van der Waals surface area (Å²) >= 11 is 0. The Morgan fingerprint density at radius 2 is 2.21 bits per heavy atom. The lowest BCUT2D eigenvalue weighted by Crippen LogP contribution is -2.35. The molecule has 0 aliphatic heterocycles. The molecular formula is C16H23NO2. The maximum Gasteiger partial charge on any atom is 0.339 e. The molecule has 0 aromatic carbocycles. The lowest BCUT2D eigenvalue weighted by molar-refractivity contribution is -0.0174. The van der Waals surface area contributed by atoms with Gasteiger partial charge in [-0.2, -0.15) is 0 Å². The van der Waals surface area contributed by atoms with E-state index in [1.165, 1.54) is 6.42 Å². The van der Waals surface area contributed by atoms with Crippen LogP contribution in [0.2, 0.25) is 0 Å². The van der Waals surface area contributed by atoms with E-state index in [9.17, 15) is 4.79 Å². The molecule has 1 fully saturated rings. The summed E-state index contributed by atoms with van der Waals surface area (Å²) in [5, 5.41) is 0. The maximum atomic E-state index is 12.1. The molecule has 1 saturated carbocycles. The molecule has 19 heavy (non-hydrogen) atoms. The summed E-state index contributed by atoms with van der Waals surface area (Å²) in [5.74, 6) is 1.44. The van der Waals surface area contributed by atoms with Crippen LogP contribution in [0.5, 0.6) is 0 Å². The van der Waals surface area contributed by atoms with E-state index in [1.54, 1.807) is 24.5 Å². The number of aromatic nitrogens is 1. The summed E-state index contributed by atoms with van der Waals surface area (Å²) in [6.07, 6.45) is 6.66. The first-order valence-corrected chi connectivity index (χ1v) is 7.19. The van der Waals surface area contributed by atoms with E-state index in [4.69, 9.17) is 4.74 Å². The fraction of sp³-hybridized carbons (Fsp3) is 0.625. The van der Waals surface area contributed by atoms with Crippen LogP contribution in [0.25, 0.3) is 0 Å². The van der Waals surface area contributed by atoms with Gasteiger partial charge in [-0.3, -0.25) is 4.98 Å². The second-order valence-corrected chi connectivity index (χ2v) is 6.01. The first-order valence-electron chi connectivity index (χ1n) is 7.19. The molecule has 3 nitrogen and oxygen atoms in total. The first-order chi connectivity index (χ1) is 9.08. The van der Waals surface area contributed by atoms with Crippen molar-refractivity contribution in [1.82, 2.24) is 4.98 Å². The van der Waals surface area contributed by atoms with Crippen molar-refractivity contribution in [3.05, 3.63) is 30.1 Å². The first kappa shape index (κ1) is 14.0. The summed E-state index contributed by atoms with van der Waals surface area (Å²) in [5.41, 5.74) is 0.545. The van der Waals surface area contributed by atoms with Crippen LogP contribution in [0.1, 0.15) is 50.4 Å². The van der Waals surface area contributed by atoms with Gasteiger partial charge in [0.2, 0.25) is 0 Å². The Bertz CT molecular complexity index is 416. The lowest BCUT2D eigenvalue weighted by Gasteiger charge is -2.36. The number of carbonyl (C=O) groups excluding carboxylic acids is 1. The zero-order valence-corrected chi connectivity index (χ0v) is 12.0. The van der Waals surface area contributed by atoms with Crippen molar-refractivity contribution in [2.75, 3.05) is 0 Å². The predicted octanol–water partition coefficient (Wildman–Crippen LogP) is 3.70. The lowest BCUT2D eigenvalue weighted by atomic mass is 9.75. The Morgan fingerprint density at radius 3 is 2.84 bits per heavy atom. The van der Waals surface area contributed by atoms with Gasteiger partial charge in [-0.05, 0) is 42.7 Å². The van der Waals surface area contributed by atoms with Gasteiger partial charge in [0.25, 0.3) is 0 Å². The van der Waals surface area contributed by atoms with Crippen LogP contribution in [0.15, 0.2) is 24.5 Å². The van der Waals surface area contributed by atoms with Gasteiger partial charge in [-0.15, -0.1) is 0 Å². The molecular weight excluding hydrogens is 238 g/mol. The summed E-state index contributed by atoms with van der Waals surface area (Å²) in [7, 11) is 0. The fourth-order valence-electron chi connectivity index (χ4n) is 2.94. The number of hydrogen-bond acceptors (Lipinski definition) is 3. The molecule has 1 aromatic heterocycles. The molecule has 2 rings (SSSR count). The largest absolute Gasteiger partial charge is 0.458 e. The Hall–Kier alpha value is -1.38. The third kappa shape index (κ3) is 3.55. The van der Waals surface area contributed by atoms with Gasteiger partial charge in [-0.25, -0.2) is 4.79 Å². The Kier molecular flexibility index (Phi) is 4.56. The average Bonchev–Trinajstić information content (AvgIpc) is 2.39. The fourth-order valence-corrected chi connectivity index (χ4v) is 2.94. The number of ether oxygens (including phenoxy) is 1. The van der Waals surface area contributed by atoms with Crippen LogP contribution in [-0.4, -0.2) is 17.1 Å². The van der Waals surface area contributed by atoms with E-state index in [2.05, 4.69) is 25.8 Å². The van der Waals surface area contributed by atoms with E-state index in [0.29, 0.717) is 23.3 Å². The number of rotatable bonds is 3. The number of esters is 1. The minimum Gasteiger partial charge on any atom is -0.458 e. The molecule has 1 unspecified atom stereocenters. The molecule has 3 atom stereocenters. The topological polar surface area (TPSA) is 39.2 Å². The van der Waals surface area contributed by atoms with E-state index in [0.717, 1.165) is 12.8 Å². The highest BCUT2D eigenvalue weighted by molar-refractivity contribution is 5.89. The molecule has 0 spiro atoms. The second-order valence-electron chi connectivity index (χ2n) is 6.01. The molecule has 0 saturated heterocycles. The SMILES string of the molecule is CC(C)[C@H]1CC[C@H](C)CC1OC(=O)c1cccnc1. The van der Waals surface area contributed by atoms with Crippen molar-refractivity contribution in [3.63, 3.8) is 0 Å². The number of carbonyl (C=O) groups is 1. The third-order valence-electron chi connectivity index (χ3n) is 4.12. The highest BCUT2D eigenvalue weighted by Gasteiger charge is 2.33. The van der Waals surface area contributed by atoms with Gasteiger partial charge in [-0.1, -0.05) is 27.2 Å². The van der Waals surface area contributed by atoms with Crippen LogP contribution >= 0.6 is 0 Å². The quantitative estimate of drug-likeness (QED) is 0.779.